The van der Waals surface area contributed by atoms with E-state index in [0.29, 0.717) is 5.92 Å². The van der Waals surface area contributed by atoms with Gasteiger partial charge in [-0.15, -0.1) is 0 Å². The molecule has 1 N–H and O–H groups in total. The average Bonchev–Trinajstić information content (AvgIpc) is 2.38. The lowest BCUT2D eigenvalue weighted by Crippen LogP contribution is -2.07. The predicted molar refractivity (Wildman–Crippen MR) is 66.7 cm³/mol. The van der Waals surface area contributed by atoms with Crippen LogP contribution in [-0.4, -0.2) is 13.3 Å². The van der Waals surface area contributed by atoms with E-state index in [0.717, 1.165) is 11.3 Å². The van der Waals surface area contributed by atoms with Gasteiger partial charge in [-0.1, -0.05) is 31.4 Å². The van der Waals surface area contributed by atoms with Crippen LogP contribution in [0.25, 0.3) is 0 Å². The molecule has 0 aromatic heterocycles. The molecule has 0 spiro atoms. The monoisotopic (exact) mass is 217 g/mol. The molecule has 1 aromatic rings. The number of para-hydroxylation sites is 1. The van der Waals surface area contributed by atoms with Crippen molar-refractivity contribution in [1.29, 1.82) is 5.41 Å². The Kier molecular flexibility index (Phi) is 3.60. The third-order valence-electron chi connectivity index (χ3n) is 3.48. The molecule has 2 heteroatoms. The smallest absolute Gasteiger partial charge is 0.131 e. The average molecular weight is 217 g/mol. The molecule has 0 unspecified atom stereocenters. The van der Waals surface area contributed by atoms with Gasteiger partial charge in [-0.3, -0.25) is 0 Å². The van der Waals surface area contributed by atoms with Crippen molar-refractivity contribution in [1.82, 2.24) is 0 Å². The van der Waals surface area contributed by atoms with Crippen molar-refractivity contribution in [2.24, 2.45) is 0 Å². The van der Waals surface area contributed by atoms with E-state index in [1.54, 1.807) is 7.11 Å². The topological polar surface area (TPSA) is 33.1 Å². The Bertz CT molecular complexity index is 367. The number of nitrogens with one attached hydrogen (secondary N) is 1. The minimum Gasteiger partial charge on any atom is -0.496 e. The van der Waals surface area contributed by atoms with Crippen LogP contribution in [-0.2, 0) is 0 Å². The summed E-state index contributed by atoms with van der Waals surface area (Å²) in [5.41, 5.74) is 2.19. The third kappa shape index (κ3) is 2.11. The van der Waals surface area contributed by atoms with Crippen molar-refractivity contribution in [2.75, 3.05) is 7.11 Å². The second-order valence-corrected chi connectivity index (χ2v) is 4.45. The summed E-state index contributed by atoms with van der Waals surface area (Å²) in [5, 5.41) is 7.39. The first-order chi connectivity index (χ1) is 7.86. The fraction of sp³-hybridized carbons (Fsp3) is 0.500. The molecule has 0 bridgehead atoms. The Labute approximate surface area is 97.1 Å². The van der Waals surface area contributed by atoms with Crippen molar-refractivity contribution >= 4 is 6.21 Å². The zero-order valence-electron chi connectivity index (χ0n) is 9.83. The fourth-order valence-electron chi connectivity index (χ4n) is 2.66. The van der Waals surface area contributed by atoms with Gasteiger partial charge in [-0.25, -0.2) is 0 Å². The van der Waals surface area contributed by atoms with Crippen molar-refractivity contribution < 1.29 is 4.74 Å². The maximum atomic E-state index is 7.39. The van der Waals surface area contributed by atoms with Gasteiger partial charge in [-0.05, 0) is 30.4 Å². The summed E-state index contributed by atoms with van der Waals surface area (Å²) in [6, 6.07) is 6.13. The Balaban J connectivity index is 2.34. The highest BCUT2D eigenvalue weighted by Gasteiger charge is 2.20. The Morgan fingerprint density at radius 3 is 2.62 bits per heavy atom. The van der Waals surface area contributed by atoms with E-state index in [9.17, 15) is 0 Å². The second-order valence-electron chi connectivity index (χ2n) is 4.45. The molecule has 2 rings (SSSR count). The van der Waals surface area contributed by atoms with E-state index in [1.807, 2.05) is 12.1 Å². The molecule has 0 radical (unpaired) electrons. The van der Waals surface area contributed by atoms with Crippen molar-refractivity contribution in [3.8, 4) is 5.75 Å². The molecule has 1 aliphatic carbocycles. The quantitative estimate of drug-likeness (QED) is 0.769. The molecular weight excluding hydrogens is 198 g/mol. The fourth-order valence-corrected chi connectivity index (χ4v) is 2.66. The molecule has 2 nitrogen and oxygen atoms in total. The summed E-state index contributed by atoms with van der Waals surface area (Å²) in [6.07, 6.45) is 7.91. The summed E-state index contributed by atoms with van der Waals surface area (Å²) in [5.74, 6) is 1.54. The van der Waals surface area contributed by atoms with E-state index in [1.165, 1.54) is 43.9 Å². The summed E-state index contributed by atoms with van der Waals surface area (Å²) in [4.78, 5) is 0. The van der Waals surface area contributed by atoms with Crippen LogP contribution in [0.5, 0.6) is 5.75 Å². The van der Waals surface area contributed by atoms with Crippen LogP contribution in [0, 0.1) is 5.41 Å². The molecule has 16 heavy (non-hydrogen) atoms. The summed E-state index contributed by atoms with van der Waals surface area (Å²) in [6.45, 7) is 0. The molecule has 0 heterocycles. The molecule has 0 aliphatic heterocycles. The van der Waals surface area contributed by atoms with Gasteiger partial charge in [0.1, 0.15) is 5.75 Å². The maximum absolute atomic E-state index is 7.39. The van der Waals surface area contributed by atoms with Crippen molar-refractivity contribution in [3.05, 3.63) is 29.3 Å². The molecule has 1 aliphatic rings. The number of benzene rings is 1. The number of ether oxygens (including phenoxy) is 1. The number of methoxy groups -OCH3 is 1. The maximum Gasteiger partial charge on any atom is 0.131 e. The predicted octanol–water partition coefficient (Wildman–Crippen LogP) is 3.74. The molecule has 1 aromatic carbocycles. The highest BCUT2D eigenvalue weighted by Crippen LogP contribution is 2.38. The third-order valence-corrected chi connectivity index (χ3v) is 3.48. The highest BCUT2D eigenvalue weighted by molar-refractivity contribution is 5.82. The van der Waals surface area contributed by atoms with Gasteiger partial charge >= 0.3 is 0 Å². The Hall–Kier alpha value is -1.31. The lowest BCUT2D eigenvalue weighted by molar-refractivity contribution is 0.386. The van der Waals surface area contributed by atoms with Crippen molar-refractivity contribution in [2.45, 2.75) is 38.0 Å². The van der Waals surface area contributed by atoms with E-state index >= 15 is 0 Å². The number of hydrogen-bond acceptors (Lipinski definition) is 2. The molecule has 1 saturated carbocycles. The molecule has 86 valence electrons. The van der Waals surface area contributed by atoms with Crippen LogP contribution >= 0.6 is 0 Å². The second kappa shape index (κ2) is 5.15. The van der Waals surface area contributed by atoms with Gasteiger partial charge in [0.25, 0.3) is 0 Å². The van der Waals surface area contributed by atoms with E-state index in [2.05, 4.69) is 6.07 Å². The SMILES string of the molecule is COc1c(C=N)cccc1C1CCCCC1. The first kappa shape index (κ1) is 11.2. The lowest BCUT2D eigenvalue weighted by atomic mass is 9.83. The number of hydrogen-bond donors (Lipinski definition) is 1. The standard InChI is InChI=1S/C14H19NO/c1-16-14-12(10-15)8-5-9-13(14)11-6-3-2-4-7-11/h5,8-11,15H,2-4,6-7H2,1H3. The van der Waals surface area contributed by atoms with Crippen molar-refractivity contribution in [3.63, 3.8) is 0 Å². The van der Waals surface area contributed by atoms with E-state index in [-0.39, 0.29) is 0 Å². The Morgan fingerprint density at radius 1 is 1.25 bits per heavy atom. The molecule has 0 amide bonds. The largest absolute Gasteiger partial charge is 0.496 e. The van der Waals surface area contributed by atoms with Gasteiger partial charge in [0.2, 0.25) is 0 Å². The zero-order valence-corrected chi connectivity index (χ0v) is 9.83. The minimum absolute atomic E-state index is 0.628. The molecule has 0 saturated heterocycles. The van der Waals surface area contributed by atoms with Crippen LogP contribution in [0.1, 0.15) is 49.1 Å². The van der Waals surface area contributed by atoms with Gasteiger partial charge < -0.3 is 10.1 Å². The van der Waals surface area contributed by atoms with Crippen LogP contribution < -0.4 is 4.74 Å². The summed E-state index contributed by atoms with van der Waals surface area (Å²) < 4.78 is 5.47. The van der Waals surface area contributed by atoms with E-state index in [4.69, 9.17) is 10.1 Å². The van der Waals surface area contributed by atoms with Gasteiger partial charge in [0.15, 0.2) is 0 Å². The van der Waals surface area contributed by atoms with Crippen LogP contribution in [0.15, 0.2) is 18.2 Å². The summed E-state index contributed by atoms with van der Waals surface area (Å²) in [7, 11) is 1.70. The Morgan fingerprint density at radius 2 is 2.00 bits per heavy atom. The number of rotatable bonds is 3. The molecule has 1 fully saturated rings. The van der Waals surface area contributed by atoms with Crippen LogP contribution in [0.2, 0.25) is 0 Å². The minimum atomic E-state index is 0.628. The first-order valence-electron chi connectivity index (χ1n) is 6.04. The molecule has 0 atom stereocenters. The highest BCUT2D eigenvalue weighted by atomic mass is 16.5. The first-order valence-corrected chi connectivity index (χ1v) is 6.04. The molecular formula is C14H19NO. The lowest BCUT2D eigenvalue weighted by Gasteiger charge is -2.24. The van der Waals surface area contributed by atoms with Gasteiger partial charge in [-0.2, -0.15) is 0 Å². The van der Waals surface area contributed by atoms with Crippen LogP contribution in [0.3, 0.4) is 0 Å². The summed E-state index contributed by atoms with van der Waals surface area (Å²) >= 11 is 0. The van der Waals surface area contributed by atoms with E-state index < -0.39 is 0 Å². The van der Waals surface area contributed by atoms with Gasteiger partial charge in [0.05, 0.1) is 7.11 Å². The van der Waals surface area contributed by atoms with Crippen LogP contribution in [0.4, 0.5) is 0 Å². The van der Waals surface area contributed by atoms with Gasteiger partial charge in [0, 0.05) is 11.8 Å². The zero-order chi connectivity index (χ0) is 11.4. The normalized spacial score (nSPS) is 17.1.